The van der Waals surface area contributed by atoms with E-state index in [1.165, 1.54) is 11.8 Å². The minimum absolute atomic E-state index is 0.0903. The van der Waals surface area contributed by atoms with Crippen LogP contribution in [0, 0.1) is 0 Å². The third-order valence-corrected chi connectivity index (χ3v) is 5.00. The van der Waals surface area contributed by atoms with Crippen LogP contribution in [0.2, 0.25) is 0 Å². The van der Waals surface area contributed by atoms with Crippen molar-refractivity contribution in [3.05, 3.63) is 54.1 Å². The lowest BCUT2D eigenvalue weighted by molar-refractivity contribution is -0.119. The number of hydrogen-bond donors (Lipinski definition) is 1. The van der Waals surface area contributed by atoms with E-state index in [-0.39, 0.29) is 12.5 Å². The molecule has 0 saturated carbocycles. The van der Waals surface area contributed by atoms with Crippen LogP contribution in [0.5, 0.6) is 0 Å². The van der Waals surface area contributed by atoms with Crippen molar-refractivity contribution in [2.24, 2.45) is 0 Å². The molecule has 1 heterocycles. The summed E-state index contributed by atoms with van der Waals surface area (Å²) in [5.74, 6) is -0.890. The first-order valence-electron chi connectivity index (χ1n) is 8.59. The highest BCUT2D eigenvalue weighted by molar-refractivity contribution is 7.98. The fourth-order valence-corrected chi connectivity index (χ4v) is 3.40. The summed E-state index contributed by atoms with van der Waals surface area (Å²) < 4.78 is 5.08. The van der Waals surface area contributed by atoms with E-state index < -0.39 is 11.9 Å². The zero-order valence-electron chi connectivity index (χ0n) is 14.9. The molecule has 2 aromatic carbocycles. The molecule has 1 fully saturated rings. The SMILES string of the molecule is CSc1ccccc1NC(=O)COC(=O)c1ccc(N2CCCC2=O)cc1. The van der Waals surface area contributed by atoms with E-state index in [0.717, 1.165) is 17.0 Å². The molecule has 0 unspecified atom stereocenters. The van der Waals surface area contributed by atoms with E-state index in [1.54, 1.807) is 35.2 Å². The van der Waals surface area contributed by atoms with Crippen molar-refractivity contribution in [2.45, 2.75) is 17.7 Å². The van der Waals surface area contributed by atoms with Gasteiger partial charge in [-0.1, -0.05) is 12.1 Å². The van der Waals surface area contributed by atoms with Gasteiger partial charge in [0, 0.05) is 23.5 Å². The van der Waals surface area contributed by atoms with Crippen molar-refractivity contribution in [2.75, 3.05) is 29.6 Å². The largest absolute Gasteiger partial charge is 0.452 e. The number of carbonyl (C=O) groups excluding carboxylic acids is 3. The number of nitrogens with zero attached hydrogens (tertiary/aromatic N) is 1. The molecule has 3 rings (SSSR count). The highest BCUT2D eigenvalue weighted by Crippen LogP contribution is 2.24. The van der Waals surface area contributed by atoms with Crippen molar-refractivity contribution in [1.82, 2.24) is 0 Å². The number of para-hydroxylation sites is 1. The second kappa shape index (κ2) is 8.73. The molecule has 1 N–H and O–H groups in total. The maximum atomic E-state index is 12.1. The minimum atomic E-state index is -0.581. The number of benzene rings is 2. The molecule has 1 saturated heterocycles. The lowest BCUT2D eigenvalue weighted by Crippen LogP contribution is -2.23. The number of carbonyl (C=O) groups is 3. The summed E-state index contributed by atoms with van der Waals surface area (Å²) in [5, 5.41) is 2.74. The first-order chi connectivity index (χ1) is 13.1. The van der Waals surface area contributed by atoms with Crippen LogP contribution >= 0.6 is 11.8 Å². The van der Waals surface area contributed by atoms with E-state index in [0.29, 0.717) is 24.2 Å². The van der Waals surface area contributed by atoms with Gasteiger partial charge in [-0.3, -0.25) is 9.59 Å². The molecule has 27 heavy (non-hydrogen) atoms. The highest BCUT2D eigenvalue weighted by Gasteiger charge is 2.22. The molecule has 6 nitrogen and oxygen atoms in total. The third kappa shape index (κ3) is 4.68. The quantitative estimate of drug-likeness (QED) is 0.611. The number of nitrogens with one attached hydrogen (secondary N) is 1. The van der Waals surface area contributed by atoms with Crippen molar-refractivity contribution >= 4 is 40.9 Å². The van der Waals surface area contributed by atoms with E-state index in [1.807, 2.05) is 24.5 Å². The zero-order valence-corrected chi connectivity index (χ0v) is 15.8. The van der Waals surface area contributed by atoms with Gasteiger partial charge in [0.2, 0.25) is 5.91 Å². The number of amides is 2. The van der Waals surface area contributed by atoms with E-state index >= 15 is 0 Å². The predicted molar refractivity (Wildman–Crippen MR) is 105 cm³/mol. The Balaban J connectivity index is 1.54. The van der Waals surface area contributed by atoms with Gasteiger partial charge < -0.3 is 15.0 Å². The van der Waals surface area contributed by atoms with Gasteiger partial charge in [0.25, 0.3) is 5.91 Å². The topological polar surface area (TPSA) is 75.7 Å². The standard InChI is InChI=1S/C20H20N2O4S/c1-27-17-6-3-2-5-16(17)21-18(23)13-26-20(25)14-8-10-15(11-9-14)22-12-4-7-19(22)24/h2-3,5-6,8-11H,4,7,12-13H2,1H3,(H,21,23). The molecule has 140 valence electrons. The van der Waals surface area contributed by atoms with Gasteiger partial charge in [0.15, 0.2) is 6.61 Å². The van der Waals surface area contributed by atoms with Gasteiger partial charge in [-0.25, -0.2) is 4.79 Å². The lowest BCUT2D eigenvalue weighted by atomic mass is 10.2. The Morgan fingerprint density at radius 2 is 1.89 bits per heavy atom. The van der Waals surface area contributed by atoms with Crippen molar-refractivity contribution in [3.63, 3.8) is 0 Å². The summed E-state index contributed by atoms with van der Waals surface area (Å²) in [6.45, 7) is 0.328. The molecule has 0 aliphatic carbocycles. The van der Waals surface area contributed by atoms with Crippen LogP contribution in [0.3, 0.4) is 0 Å². The number of esters is 1. The second-order valence-electron chi connectivity index (χ2n) is 6.02. The maximum Gasteiger partial charge on any atom is 0.338 e. The Labute approximate surface area is 161 Å². The third-order valence-electron chi connectivity index (χ3n) is 4.20. The molecule has 7 heteroatoms. The van der Waals surface area contributed by atoms with Crippen LogP contribution in [0.1, 0.15) is 23.2 Å². The molecule has 0 bridgehead atoms. The van der Waals surface area contributed by atoms with Crippen LogP contribution in [-0.4, -0.2) is 37.2 Å². The number of anilines is 2. The smallest absolute Gasteiger partial charge is 0.338 e. The molecule has 1 aliphatic heterocycles. The molecule has 0 spiro atoms. The van der Waals surface area contributed by atoms with E-state index in [4.69, 9.17) is 4.74 Å². The van der Waals surface area contributed by atoms with Crippen LogP contribution in [0.4, 0.5) is 11.4 Å². The summed E-state index contributed by atoms with van der Waals surface area (Å²) in [6, 6.07) is 14.1. The van der Waals surface area contributed by atoms with Crippen LogP contribution < -0.4 is 10.2 Å². The van der Waals surface area contributed by atoms with Gasteiger partial charge >= 0.3 is 5.97 Å². The van der Waals surface area contributed by atoms with Crippen LogP contribution in [-0.2, 0) is 14.3 Å². The van der Waals surface area contributed by atoms with E-state index in [2.05, 4.69) is 5.32 Å². The van der Waals surface area contributed by atoms with Crippen LogP contribution in [0.25, 0.3) is 0 Å². The summed E-state index contributed by atoms with van der Waals surface area (Å²) in [6.07, 6.45) is 3.32. The molecule has 2 amide bonds. The highest BCUT2D eigenvalue weighted by atomic mass is 32.2. The molecule has 1 aliphatic rings. The van der Waals surface area contributed by atoms with Gasteiger partial charge in [-0.05, 0) is 49.1 Å². The van der Waals surface area contributed by atoms with Crippen molar-refractivity contribution < 1.29 is 19.1 Å². The van der Waals surface area contributed by atoms with Crippen molar-refractivity contribution in [3.8, 4) is 0 Å². The predicted octanol–water partition coefficient (Wildman–Crippen LogP) is 3.33. The Bertz CT molecular complexity index is 851. The lowest BCUT2D eigenvalue weighted by Gasteiger charge is -2.15. The Morgan fingerprint density at radius 3 is 2.56 bits per heavy atom. The monoisotopic (exact) mass is 384 g/mol. The molecular formula is C20H20N2O4S. The molecule has 2 aromatic rings. The first-order valence-corrected chi connectivity index (χ1v) is 9.81. The molecule has 0 radical (unpaired) electrons. The van der Waals surface area contributed by atoms with E-state index in [9.17, 15) is 14.4 Å². The fourth-order valence-electron chi connectivity index (χ4n) is 2.85. The summed E-state index contributed by atoms with van der Waals surface area (Å²) in [5.41, 5.74) is 1.79. The zero-order chi connectivity index (χ0) is 19.2. The van der Waals surface area contributed by atoms with Gasteiger partial charge in [-0.2, -0.15) is 0 Å². The number of ether oxygens (including phenoxy) is 1. The van der Waals surface area contributed by atoms with Crippen LogP contribution in [0.15, 0.2) is 53.4 Å². The van der Waals surface area contributed by atoms with Gasteiger partial charge in [-0.15, -0.1) is 11.8 Å². The van der Waals surface area contributed by atoms with Gasteiger partial charge in [0.05, 0.1) is 11.3 Å². The fraction of sp³-hybridized carbons (Fsp3) is 0.250. The normalized spacial score (nSPS) is 13.5. The Kier molecular flexibility index (Phi) is 6.13. The Hall–Kier alpha value is -2.80. The van der Waals surface area contributed by atoms with Gasteiger partial charge in [0.1, 0.15) is 0 Å². The molecule has 0 aromatic heterocycles. The second-order valence-corrected chi connectivity index (χ2v) is 6.87. The average Bonchev–Trinajstić information content (AvgIpc) is 3.12. The molecular weight excluding hydrogens is 364 g/mol. The Morgan fingerprint density at radius 1 is 1.15 bits per heavy atom. The number of thioether (sulfide) groups is 1. The summed E-state index contributed by atoms with van der Waals surface area (Å²) in [7, 11) is 0. The number of hydrogen-bond acceptors (Lipinski definition) is 5. The first kappa shape index (κ1) is 19.0. The maximum absolute atomic E-state index is 12.1. The summed E-state index contributed by atoms with van der Waals surface area (Å²) in [4.78, 5) is 38.6. The number of rotatable bonds is 6. The average molecular weight is 384 g/mol. The summed E-state index contributed by atoms with van der Waals surface area (Å²) >= 11 is 1.52. The minimum Gasteiger partial charge on any atom is -0.452 e. The molecule has 0 atom stereocenters. The van der Waals surface area contributed by atoms with Crippen molar-refractivity contribution in [1.29, 1.82) is 0 Å².